The topological polar surface area (TPSA) is 79.5 Å². The Balaban J connectivity index is 1.95. The van der Waals surface area contributed by atoms with Crippen molar-refractivity contribution in [1.82, 2.24) is 14.9 Å². The van der Waals surface area contributed by atoms with Gasteiger partial charge in [-0.25, -0.2) is 4.98 Å². The average Bonchev–Trinajstić information content (AvgIpc) is 2.91. The molecule has 2 aromatic heterocycles. The zero-order valence-corrected chi connectivity index (χ0v) is 13.0. The molecule has 6 nitrogen and oxygen atoms in total. The zero-order chi connectivity index (χ0) is 15.9. The van der Waals surface area contributed by atoms with Crippen molar-refractivity contribution in [2.24, 2.45) is 5.41 Å². The Morgan fingerprint density at radius 2 is 2.18 bits per heavy atom. The highest BCUT2D eigenvalue weighted by atomic mass is 16.4. The smallest absolute Gasteiger partial charge is 0.312 e. The minimum absolute atomic E-state index is 0.0211. The Labute approximate surface area is 129 Å². The summed E-state index contributed by atoms with van der Waals surface area (Å²) in [5.41, 5.74) is 1.95. The summed E-state index contributed by atoms with van der Waals surface area (Å²) >= 11 is 0. The summed E-state index contributed by atoms with van der Waals surface area (Å²) in [5, 5.41) is 9.74. The van der Waals surface area contributed by atoms with Gasteiger partial charge in [0.05, 0.1) is 6.26 Å². The minimum Gasteiger partial charge on any atom is -0.491 e. The van der Waals surface area contributed by atoms with E-state index in [4.69, 9.17) is 4.42 Å². The molecule has 0 aliphatic carbocycles. The number of hydrogen-bond donors (Lipinski definition) is 1. The molecule has 0 bridgehead atoms. The van der Waals surface area contributed by atoms with Crippen LogP contribution in [0.4, 0.5) is 0 Å². The Hall–Kier alpha value is -2.11. The van der Waals surface area contributed by atoms with Crippen molar-refractivity contribution in [2.45, 2.75) is 45.6 Å². The monoisotopic (exact) mass is 302 g/mol. The van der Waals surface area contributed by atoms with E-state index in [1.165, 1.54) is 6.33 Å². The van der Waals surface area contributed by atoms with Crippen LogP contribution in [0.15, 0.2) is 17.0 Å². The molecular formula is C16H20N3O3. The lowest BCUT2D eigenvalue weighted by atomic mass is 9.75. The maximum absolute atomic E-state index is 11.2. The van der Waals surface area contributed by atoms with Crippen LogP contribution in [0, 0.1) is 5.41 Å². The fourth-order valence-corrected chi connectivity index (χ4v) is 3.32. The van der Waals surface area contributed by atoms with E-state index in [9.17, 15) is 9.90 Å². The molecule has 6 heteroatoms. The van der Waals surface area contributed by atoms with Crippen molar-refractivity contribution >= 4 is 17.5 Å². The van der Waals surface area contributed by atoms with Crippen molar-refractivity contribution in [3.05, 3.63) is 18.2 Å². The van der Waals surface area contributed by atoms with Gasteiger partial charge in [0, 0.05) is 18.2 Å². The minimum atomic E-state index is -0.137. The Bertz CT molecular complexity index is 689. The Morgan fingerprint density at radius 3 is 2.86 bits per heavy atom. The molecule has 1 aliphatic rings. The van der Waals surface area contributed by atoms with Crippen LogP contribution in [-0.2, 0) is 4.79 Å². The van der Waals surface area contributed by atoms with Crippen LogP contribution in [0.5, 0.6) is 5.88 Å². The Kier molecular flexibility index (Phi) is 3.54. The summed E-state index contributed by atoms with van der Waals surface area (Å²) in [4.78, 5) is 20.9. The maximum atomic E-state index is 11.2. The van der Waals surface area contributed by atoms with Crippen molar-refractivity contribution in [1.29, 1.82) is 0 Å². The van der Waals surface area contributed by atoms with Crippen LogP contribution >= 0.6 is 0 Å². The van der Waals surface area contributed by atoms with Gasteiger partial charge in [-0.3, -0.25) is 4.79 Å². The molecular weight excluding hydrogens is 282 g/mol. The quantitative estimate of drug-likeness (QED) is 0.922. The number of aromatic nitrogens is 2. The lowest BCUT2D eigenvalue weighted by Gasteiger charge is -2.43. The number of amides is 1. The second-order valence-corrected chi connectivity index (χ2v) is 6.95. The molecule has 1 N–H and O–H groups in total. The van der Waals surface area contributed by atoms with Crippen LogP contribution in [0.3, 0.4) is 0 Å². The highest BCUT2D eigenvalue weighted by molar-refractivity contribution is 5.80. The zero-order valence-electron chi connectivity index (χ0n) is 13.0. The molecule has 117 valence electrons. The van der Waals surface area contributed by atoms with Crippen LogP contribution in [0.1, 0.15) is 45.1 Å². The van der Waals surface area contributed by atoms with Gasteiger partial charge in [0.2, 0.25) is 5.58 Å². The predicted octanol–water partition coefficient (Wildman–Crippen LogP) is 2.59. The number of nitrogens with zero attached hydrogens (tertiary/aromatic N) is 3. The average molecular weight is 302 g/mol. The van der Waals surface area contributed by atoms with Crippen molar-refractivity contribution < 1.29 is 14.3 Å². The van der Waals surface area contributed by atoms with Gasteiger partial charge in [-0.05, 0) is 24.2 Å². The summed E-state index contributed by atoms with van der Waals surface area (Å²) in [5.74, 6) is 0.103. The first-order valence-corrected chi connectivity index (χ1v) is 7.47. The van der Waals surface area contributed by atoms with E-state index in [2.05, 4.69) is 37.1 Å². The van der Waals surface area contributed by atoms with Crippen LogP contribution in [0.25, 0.3) is 11.1 Å². The number of aromatic hydroxyl groups is 1. The molecule has 0 saturated carbocycles. The Morgan fingerprint density at radius 1 is 1.41 bits per heavy atom. The van der Waals surface area contributed by atoms with Crippen LogP contribution in [-0.4, -0.2) is 39.0 Å². The first-order valence-electron chi connectivity index (χ1n) is 7.47. The van der Waals surface area contributed by atoms with E-state index in [-0.39, 0.29) is 23.3 Å². The van der Waals surface area contributed by atoms with Gasteiger partial charge in [-0.1, -0.05) is 20.8 Å². The standard InChI is InChI=1S/C16H20N3O3/c1-16(2,3)12-6-10(4-5-19(12)9-20)11-7-22-14-13(11)17-8-18-15(14)21/h7-8,10,12H,4-6H2,1-3H3,(H,17,18,21). The third kappa shape index (κ3) is 2.42. The van der Waals surface area contributed by atoms with Gasteiger partial charge >= 0.3 is 6.41 Å². The largest absolute Gasteiger partial charge is 0.491 e. The molecule has 1 saturated heterocycles. The lowest BCUT2D eigenvalue weighted by molar-refractivity contribution is 0.110. The number of rotatable bonds is 2. The highest BCUT2D eigenvalue weighted by Gasteiger charge is 2.37. The van der Waals surface area contributed by atoms with E-state index in [1.807, 2.05) is 0 Å². The van der Waals surface area contributed by atoms with Crippen molar-refractivity contribution in [3.8, 4) is 5.88 Å². The summed E-state index contributed by atoms with van der Waals surface area (Å²) in [6.45, 7) is 7.06. The molecule has 2 aromatic rings. The van der Waals surface area contributed by atoms with Gasteiger partial charge in [0.1, 0.15) is 11.8 Å². The molecule has 1 aliphatic heterocycles. The lowest BCUT2D eigenvalue weighted by Crippen LogP contribution is -2.48. The van der Waals surface area contributed by atoms with Gasteiger partial charge in [-0.2, -0.15) is 4.98 Å². The second-order valence-electron chi connectivity index (χ2n) is 6.95. The van der Waals surface area contributed by atoms with Gasteiger partial charge in [0.25, 0.3) is 5.88 Å². The fourth-order valence-electron chi connectivity index (χ4n) is 3.32. The fraction of sp³-hybridized carbons (Fsp3) is 0.562. The third-order valence-electron chi connectivity index (χ3n) is 4.52. The molecule has 2 unspecified atom stereocenters. The molecule has 2 atom stereocenters. The number of furan rings is 1. The second kappa shape index (κ2) is 5.26. The summed E-state index contributed by atoms with van der Waals surface area (Å²) in [7, 11) is 0. The predicted molar refractivity (Wildman–Crippen MR) is 81.1 cm³/mol. The summed E-state index contributed by atoms with van der Waals surface area (Å²) < 4.78 is 5.44. The number of piperidine rings is 1. The van der Waals surface area contributed by atoms with Gasteiger partial charge in [0.15, 0.2) is 0 Å². The number of fused-ring (bicyclic) bond motifs is 1. The van der Waals surface area contributed by atoms with Crippen molar-refractivity contribution in [3.63, 3.8) is 0 Å². The van der Waals surface area contributed by atoms with Gasteiger partial charge < -0.3 is 14.4 Å². The summed E-state index contributed by atoms with van der Waals surface area (Å²) in [6, 6.07) is 0.115. The highest BCUT2D eigenvalue weighted by Crippen LogP contribution is 2.41. The third-order valence-corrected chi connectivity index (χ3v) is 4.52. The first kappa shape index (κ1) is 14.8. The van der Waals surface area contributed by atoms with Gasteiger partial charge in [-0.15, -0.1) is 0 Å². The van der Waals surface area contributed by atoms with Crippen LogP contribution in [0.2, 0.25) is 0 Å². The molecule has 3 rings (SSSR count). The van der Waals surface area contributed by atoms with Crippen LogP contribution < -0.4 is 0 Å². The number of hydrogen-bond acceptors (Lipinski definition) is 5. The van der Waals surface area contributed by atoms with E-state index in [0.29, 0.717) is 17.6 Å². The molecule has 1 fully saturated rings. The normalized spacial score (nSPS) is 23.0. The summed E-state index contributed by atoms with van der Waals surface area (Å²) in [6.07, 6.45) is 6.73. The molecule has 22 heavy (non-hydrogen) atoms. The van der Waals surface area contributed by atoms with E-state index in [0.717, 1.165) is 18.4 Å². The maximum Gasteiger partial charge on any atom is 0.312 e. The van der Waals surface area contributed by atoms with E-state index < -0.39 is 0 Å². The number of carbonyl (C=O) groups excluding carboxylic acids is 1. The van der Waals surface area contributed by atoms with Crippen molar-refractivity contribution in [2.75, 3.05) is 6.54 Å². The molecule has 3 heterocycles. The molecule has 0 aromatic carbocycles. The first-order chi connectivity index (χ1) is 10.4. The van der Waals surface area contributed by atoms with E-state index >= 15 is 0 Å². The molecule has 1 radical (unpaired) electrons. The number of likely N-dealkylation sites (tertiary alicyclic amines) is 1. The molecule has 1 amide bonds. The van der Waals surface area contributed by atoms with E-state index in [1.54, 1.807) is 11.2 Å². The SMILES string of the molecule is CC(C)(C)C1CC(c2coc3c(O)ncnc23)CCN1[C]=O. The molecule has 0 spiro atoms.